The maximum absolute atomic E-state index is 13.2. The highest BCUT2D eigenvalue weighted by Crippen LogP contribution is 2.40. The molecule has 49 heavy (non-hydrogen) atoms. The molecule has 2 heterocycles. The first kappa shape index (κ1) is 37.0. The van der Waals surface area contributed by atoms with E-state index in [1.165, 1.54) is 4.90 Å². The Bertz CT molecular complexity index is 1580. The summed E-state index contributed by atoms with van der Waals surface area (Å²) >= 11 is 0. The first-order valence-corrected chi connectivity index (χ1v) is 16.9. The molecule has 0 saturated carbocycles. The lowest BCUT2D eigenvalue weighted by Crippen LogP contribution is -2.52. The normalized spacial score (nSPS) is 16.3. The molecular weight excluding hydrogens is 628 g/mol. The molecule has 2 aliphatic heterocycles. The number of benzene rings is 2. The van der Waals surface area contributed by atoms with Gasteiger partial charge >= 0.3 is 6.09 Å². The van der Waals surface area contributed by atoms with E-state index in [1.54, 1.807) is 39.0 Å². The molecule has 1 unspecified atom stereocenters. The number of hydrogen-bond donors (Lipinski definition) is 3. The standard InChI is InChI=1S/C36H48N6O7/c1-21(2)25-17-23(40-41-28-12-10-11-24-27(28)19-42(34(24)46)29-13-14-30(43)39-33(29)45)18-26(22(3)4)32(25)48-20-31(44)37-15-8-9-16-38-35(47)49-36(5,6)7/h10-12,17-18,21-22,29H,8-9,13-16,19-20H2,1-7H3,(H,37,44)(H,38,47)(H,39,43,45). The molecule has 2 aromatic carbocycles. The maximum Gasteiger partial charge on any atom is 0.407 e. The van der Waals surface area contributed by atoms with Gasteiger partial charge in [0.2, 0.25) is 11.8 Å². The van der Waals surface area contributed by atoms with Crippen molar-refractivity contribution in [1.82, 2.24) is 20.9 Å². The number of carbonyl (C=O) groups excluding carboxylic acids is 5. The number of imide groups is 1. The van der Waals surface area contributed by atoms with Crippen LogP contribution in [0.15, 0.2) is 40.6 Å². The summed E-state index contributed by atoms with van der Waals surface area (Å²) in [7, 11) is 0. The van der Waals surface area contributed by atoms with Crippen molar-refractivity contribution in [1.29, 1.82) is 0 Å². The summed E-state index contributed by atoms with van der Waals surface area (Å²) in [5.74, 6) is -0.551. The summed E-state index contributed by atoms with van der Waals surface area (Å²) in [6.45, 7) is 14.5. The van der Waals surface area contributed by atoms with Crippen LogP contribution in [-0.2, 0) is 25.7 Å². The number of piperidine rings is 1. The lowest BCUT2D eigenvalue weighted by Gasteiger charge is -2.29. The van der Waals surface area contributed by atoms with E-state index in [-0.39, 0.29) is 55.6 Å². The Morgan fingerprint density at radius 1 is 0.980 bits per heavy atom. The average molecular weight is 677 g/mol. The van der Waals surface area contributed by atoms with Crippen LogP contribution >= 0.6 is 0 Å². The summed E-state index contributed by atoms with van der Waals surface area (Å²) in [6.07, 6.45) is 1.37. The molecule has 13 heteroatoms. The Morgan fingerprint density at radius 3 is 2.24 bits per heavy atom. The second-order valence-electron chi connectivity index (χ2n) is 13.9. The van der Waals surface area contributed by atoms with E-state index in [1.807, 2.05) is 39.8 Å². The second kappa shape index (κ2) is 16.1. The minimum atomic E-state index is -0.715. The Hall–Kier alpha value is -4.81. The average Bonchev–Trinajstić information content (AvgIpc) is 3.35. The fourth-order valence-electron chi connectivity index (χ4n) is 5.69. The summed E-state index contributed by atoms with van der Waals surface area (Å²) in [5, 5.41) is 17.0. The molecular formula is C36H48N6O7. The molecule has 3 N–H and O–H groups in total. The minimum absolute atomic E-state index is 0.0591. The van der Waals surface area contributed by atoms with Gasteiger partial charge in [0.1, 0.15) is 17.4 Å². The molecule has 0 aliphatic carbocycles. The summed E-state index contributed by atoms with van der Waals surface area (Å²) < 4.78 is 11.3. The predicted molar refractivity (Wildman–Crippen MR) is 183 cm³/mol. The number of azo groups is 1. The molecule has 0 bridgehead atoms. The van der Waals surface area contributed by atoms with Gasteiger partial charge in [0.05, 0.1) is 11.4 Å². The molecule has 264 valence electrons. The lowest BCUT2D eigenvalue weighted by atomic mass is 9.93. The quantitative estimate of drug-likeness (QED) is 0.135. The molecule has 5 amide bonds. The number of fused-ring (bicyclic) bond motifs is 1. The van der Waals surface area contributed by atoms with Gasteiger partial charge in [0, 0.05) is 37.2 Å². The summed E-state index contributed by atoms with van der Waals surface area (Å²) in [4.78, 5) is 63.2. The van der Waals surface area contributed by atoms with Crippen LogP contribution in [0.1, 0.15) is 113 Å². The van der Waals surface area contributed by atoms with Crippen LogP contribution in [0.5, 0.6) is 5.75 Å². The molecule has 13 nitrogen and oxygen atoms in total. The predicted octanol–water partition coefficient (Wildman–Crippen LogP) is 5.91. The minimum Gasteiger partial charge on any atom is -0.483 e. The van der Waals surface area contributed by atoms with Crippen LogP contribution in [0.4, 0.5) is 16.2 Å². The third kappa shape index (κ3) is 9.86. The number of unbranched alkanes of at least 4 members (excludes halogenated alkanes) is 1. The number of carbonyl (C=O) groups is 5. The zero-order valence-corrected chi connectivity index (χ0v) is 29.5. The van der Waals surface area contributed by atoms with Crippen LogP contribution < -0.4 is 20.7 Å². The second-order valence-corrected chi connectivity index (χ2v) is 13.9. The van der Waals surface area contributed by atoms with Crippen molar-refractivity contribution < 1.29 is 33.4 Å². The van der Waals surface area contributed by atoms with Gasteiger partial charge in [-0.05, 0) is 87.3 Å². The van der Waals surface area contributed by atoms with Gasteiger partial charge < -0.3 is 25.0 Å². The smallest absolute Gasteiger partial charge is 0.407 e. The molecule has 4 rings (SSSR count). The third-order valence-electron chi connectivity index (χ3n) is 8.15. The number of nitrogens with one attached hydrogen (secondary N) is 3. The van der Waals surface area contributed by atoms with Gasteiger partial charge in [0.25, 0.3) is 11.8 Å². The van der Waals surface area contributed by atoms with E-state index in [0.29, 0.717) is 54.2 Å². The fourth-order valence-corrected chi connectivity index (χ4v) is 5.69. The van der Waals surface area contributed by atoms with E-state index in [9.17, 15) is 24.0 Å². The van der Waals surface area contributed by atoms with E-state index in [2.05, 4.69) is 26.2 Å². The molecule has 2 aromatic rings. The van der Waals surface area contributed by atoms with Crippen molar-refractivity contribution in [2.45, 2.75) is 104 Å². The molecule has 0 aromatic heterocycles. The van der Waals surface area contributed by atoms with Gasteiger partial charge in [-0.1, -0.05) is 33.8 Å². The fraction of sp³-hybridized carbons (Fsp3) is 0.528. The summed E-state index contributed by atoms with van der Waals surface area (Å²) in [6, 6.07) is 8.31. The van der Waals surface area contributed by atoms with E-state index < -0.39 is 23.6 Å². The van der Waals surface area contributed by atoms with Crippen LogP contribution in [0.3, 0.4) is 0 Å². The topological polar surface area (TPSA) is 168 Å². The largest absolute Gasteiger partial charge is 0.483 e. The van der Waals surface area contributed by atoms with Gasteiger partial charge in [0.15, 0.2) is 6.61 Å². The Labute approximate surface area is 287 Å². The van der Waals surface area contributed by atoms with E-state index >= 15 is 0 Å². The molecule has 0 spiro atoms. The molecule has 0 radical (unpaired) electrons. The molecule has 1 saturated heterocycles. The number of ether oxygens (including phenoxy) is 2. The third-order valence-corrected chi connectivity index (χ3v) is 8.15. The Balaban J connectivity index is 1.40. The van der Waals surface area contributed by atoms with Crippen molar-refractivity contribution >= 4 is 41.1 Å². The van der Waals surface area contributed by atoms with Crippen molar-refractivity contribution in [3.63, 3.8) is 0 Å². The van der Waals surface area contributed by atoms with Crippen LogP contribution in [-0.4, -0.2) is 66.0 Å². The van der Waals surface area contributed by atoms with Crippen molar-refractivity contribution in [2.24, 2.45) is 10.2 Å². The highest BCUT2D eigenvalue weighted by atomic mass is 16.6. The van der Waals surface area contributed by atoms with Gasteiger partial charge in [-0.15, -0.1) is 0 Å². The van der Waals surface area contributed by atoms with Gasteiger partial charge in [-0.3, -0.25) is 24.5 Å². The maximum atomic E-state index is 13.2. The SMILES string of the molecule is CC(C)c1cc(N=Nc2cccc3c2CN(C2CCC(=O)NC2=O)C3=O)cc(C(C)C)c1OCC(=O)NCCCCNC(=O)OC(C)(C)C. The monoisotopic (exact) mass is 676 g/mol. The Morgan fingerprint density at radius 2 is 1.63 bits per heavy atom. The first-order chi connectivity index (χ1) is 23.1. The first-order valence-electron chi connectivity index (χ1n) is 16.9. The van der Waals surface area contributed by atoms with Crippen molar-refractivity contribution in [3.8, 4) is 5.75 Å². The highest BCUT2D eigenvalue weighted by Gasteiger charge is 2.40. The Kier molecular flexibility index (Phi) is 12.1. The number of amides is 5. The number of rotatable bonds is 13. The van der Waals surface area contributed by atoms with E-state index in [0.717, 1.165) is 11.1 Å². The number of nitrogens with zero attached hydrogens (tertiary/aromatic N) is 3. The van der Waals surface area contributed by atoms with E-state index in [4.69, 9.17) is 9.47 Å². The zero-order valence-electron chi connectivity index (χ0n) is 29.5. The van der Waals surface area contributed by atoms with Crippen LogP contribution in [0, 0.1) is 0 Å². The van der Waals surface area contributed by atoms with Crippen LogP contribution in [0.25, 0.3) is 0 Å². The van der Waals surface area contributed by atoms with Crippen molar-refractivity contribution in [3.05, 3.63) is 52.6 Å². The molecule has 1 atom stereocenters. The summed E-state index contributed by atoms with van der Waals surface area (Å²) in [5.41, 5.74) is 3.50. The van der Waals surface area contributed by atoms with Gasteiger partial charge in [-0.25, -0.2) is 4.79 Å². The van der Waals surface area contributed by atoms with Crippen LogP contribution in [0.2, 0.25) is 0 Å². The molecule has 1 fully saturated rings. The van der Waals surface area contributed by atoms with Gasteiger partial charge in [-0.2, -0.15) is 10.2 Å². The number of alkyl carbamates (subject to hydrolysis) is 1. The van der Waals surface area contributed by atoms with Crippen molar-refractivity contribution in [2.75, 3.05) is 19.7 Å². The highest BCUT2D eigenvalue weighted by molar-refractivity contribution is 6.06. The number of hydrogen-bond acceptors (Lipinski definition) is 9. The lowest BCUT2D eigenvalue weighted by molar-refractivity contribution is -0.137. The zero-order chi connectivity index (χ0) is 35.9. The molecule has 2 aliphatic rings.